The Labute approximate surface area is 188 Å². The summed E-state index contributed by atoms with van der Waals surface area (Å²) in [5, 5.41) is 30.6. The van der Waals surface area contributed by atoms with Crippen LogP contribution >= 0.6 is 0 Å². The van der Waals surface area contributed by atoms with Crippen LogP contribution in [0.4, 0.5) is 8.78 Å². The molecule has 0 atom stereocenters. The van der Waals surface area contributed by atoms with Crippen LogP contribution in [0.2, 0.25) is 0 Å². The van der Waals surface area contributed by atoms with Crippen LogP contribution in [-0.2, 0) is 11.2 Å². The van der Waals surface area contributed by atoms with Crippen molar-refractivity contribution in [1.29, 1.82) is 5.26 Å². The molecule has 0 spiro atoms. The van der Waals surface area contributed by atoms with E-state index in [0.717, 1.165) is 23.4 Å². The summed E-state index contributed by atoms with van der Waals surface area (Å²) in [7, 11) is 0. The zero-order chi connectivity index (χ0) is 23.4. The van der Waals surface area contributed by atoms with E-state index in [9.17, 15) is 18.7 Å². The van der Waals surface area contributed by atoms with Crippen molar-refractivity contribution in [2.24, 2.45) is 0 Å². The fourth-order valence-corrected chi connectivity index (χ4v) is 3.52. The molecule has 0 radical (unpaired) electrons. The second kappa shape index (κ2) is 9.15. The van der Waals surface area contributed by atoms with Crippen LogP contribution in [0.25, 0.3) is 5.69 Å². The Kier molecular flexibility index (Phi) is 6.11. The van der Waals surface area contributed by atoms with Gasteiger partial charge in [0.25, 0.3) is 0 Å². The van der Waals surface area contributed by atoms with E-state index in [1.165, 1.54) is 17.1 Å². The van der Waals surface area contributed by atoms with Crippen molar-refractivity contribution >= 4 is 5.91 Å². The normalized spacial score (nSPS) is 14.8. The molecule has 3 aromatic rings. The van der Waals surface area contributed by atoms with Crippen LogP contribution in [0, 0.1) is 34.8 Å². The number of tetrazole rings is 1. The Morgan fingerprint density at radius 1 is 1.15 bits per heavy atom. The number of hydrogen-bond donors (Lipinski definition) is 1. The summed E-state index contributed by atoms with van der Waals surface area (Å²) >= 11 is 0. The number of nitriles is 1. The van der Waals surface area contributed by atoms with Crippen LogP contribution in [0.5, 0.6) is 0 Å². The van der Waals surface area contributed by atoms with Gasteiger partial charge in [-0.15, -0.1) is 5.10 Å². The molecule has 166 valence electrons. The summed E-state index contributed by atoms with van der Waals surface area (Å²) in [6, 6.07) is 10.8. The summed E-state index contributed by atoms with van der Waals surface area (Å²) in [5.41, 5.74) is -0.669. The van der Waals surface area contributed by atoms with Crippen molar-refractivity contribution in [3.05, 3.63) is 71.1 Å². The van der Waals surface area contributed by atoms with Gasteiger partial charge >= 0.3 is 0 Å². The standard InChI is InChI=1S/C23H18F2N6O2/c24-20-6-3-17(22(25)19(20)14-26)7-8-23(33)9-11-30(12-10-23)21(32)13-16-1-4-18(5-2-16)31-15-27-28-29-31/h1-6,15,33H,9-13H2. The topological polar surface area (TPSA) is 108 Å². The van der Waals surface area contributed by atoms with E-state index >= 15 is 0 Å². The van der Waals surface area contributed by atoms with Gasteiger partial charge in [-0.3, -0.25) is 4.79 Å². The molecule has 4 rings (SSSR count). The first-order valence-corrected chi connectivity index (χ1v) is 10.1. The lowest BCUT2D eigenvalue weighted by molar-refractivity contribution is -0.133. The number of hydrogen-bond acceptors (Lipinski definition) is 6. The van der Waals surface area contributed by atoms with E-state index < -0.39 is 22.8 Å². The van der Waals surface area contributed by atoms with Crippen LogP contribution in [-0.4, -0.2) is 54.8 Å². The molecule has 10 heteroatoms. The maximum absolute atomic E-state index is 14.2. The Morgan fingerprint density at radius 3 is 2.52 bits per heavy atom. The van der Waals surface area contributed by atoms with E-state index in [4.69, 9.17) is 5.26 Å². The SMILES string of the molecule is N#Cc1c(F)ccc(C#CC2(O)CCN(C(=O)Cc3ccc(-n4cnnn4)cc3)CC2)c1F. The second-order valence-corrected chi connectivity index (χ2v) is 7.66. The van der Waals surface area contributed by atoms with Gasteiger partial charge < -0.3 is 10.0 Å². The molecule has 1 amide bonds. The third-order valence-corrected chi connectivity index (χ3v) is 5.48. The minimum absolute atomic E-state index is 0.0802. The maximum Gasteiger partial charge on any atom is 0.226 e. The number of nitrogens with zero attached hydrogens (tertiary/aromatic N) is 6. The van der Waals surface area contributed by atoms with Crippen molar-refractivity contribution in [3.8, 4) is 23.6 Å². The molecule has 2 heterocycles. The number of likely N-dealkylation sites (tertiary alicyclic amines) is 1. The Hall–Kier alpha value is -4.15. The Morgan fingerprint density at radius 2 is 1.88 bits per heavy atom. The zero-order valence-electron chi connectivity index (χ0n) is 17.4. The van der Waals surface area contributed by atoms with Crippen LogP contribution in [0.3, 0.4) is 0 Å². The predicted octanol–water partition coefficient (Wildman–Crippen LogP) is 1.76. The number of benzene rings is 2. The number of carbonyl (C=O) groups is 1. The van der Waals surface area contributed by atoms with Crippen molar-refractivity contribution in [3.63, 3.8) is 0 Å². The molecule has 1 saturated heterocycles. The number of amides is 1. The summed E-state index contributed by atoms with van der Waals surface area (Å²) < 4.78 is 29.1. The average molecular weight is 448 g/mol. The molecule has 0 unspecified atom stereocenters. The lowest BCUT2D eigenvalue weighted by atomic mass is 9.91. The number of carbonyl (C=O) groups excluding carboxylic acids is 1. The number of aliphatic hydroxyl groups is 1. The van der Waals surface area contributed by atoms with Crippen molar-refractivity contribution < 1.29 is 18.7 Å². The predicted molar refractivity (Wildman–Crippen MR) is 112 cm³/mol. The highest BCUT2D eigenvalue weighted by molar-refractivity contribution is 5.79. The van der Waals surface area contributed by atoms with Crippen molar-refractivity contribution in [1.82, 2.24) is 25.1 Å². The highest BCUT2D eigenvalue weighted by atomic mass is 19.1. The minimum Gasteiger partial charge on any atom is -0.377 e. The van der Waals surface area contributed by atoms with Gasteiger partial charge in [0.05, 0.1) is 17.7 Å². The summed E-state index contributed by atoms with van der Waals surface area (Å²) in [4.78, 5) is 14.3. The van der Waals surface area contributed by atoms with E-state index in [1.807, 2.05) is 24.3 Å². The number of piperidine rings is 1. The largest absolute Gasteiger partial charge is 0.377 e. The monoisotopic (exact) mass is 448 g/mol. The van der Waals surface area contributed by atoms with Gasteiger partial charge in [0.15, 0.2) is 5.82 Å². The van der Waals surface area contributed by atoms with Gasteiger partial charge in [-0.2, -0.15) is 5.26 Å². The van der Waals surface area contributed by atoms with Crippen LogP contribution in [0.15, 0.2) is 42.7 Å². The molecule has 0 aliphatic carbocycles. The fraction of sp³-hybridized carbons (Fsp3) is 0.261. The van der Waals surface area contributed by atoms with E-state index in [1.54, 1.807) is 4.90 Å². The third kappa shape index (κ3) is 4.86. The summed E-state index contributed by atoms with van der Waals surface area (Å²) in [6.45, 7) is 0.587. The smallest absolute Gasteiger partial charge is 0.226 e. The van der Waals surface area contributed by atoms with E-state index in [-0.39, 0.29) is 30.7 Å². The van der Waals surface area contributed by atoms with Gasteiger partial charge in [0, 0.05) is 25.9 Å². The molecule has 1 aliphatic rings. The molecule has 1 aromatic heterocycles. The fourth-order valence-electron chi connectivity index (χ4n) is 3.52. The summed E-state index contributed by atoms with van der Waals surface area (Å²) in [5.74, 6) is 3.05. The molecule has 1 aliphatic heterocycles. The Balaban J connectivity index is 1.36. The first-order valence-electron chi connectivity index (χ1n) is 10.1. The molecule has 2 aromatic carbocycles. The third-order valence-electron chi connectivity index (χ3n) is 5.48. The van der Waals surface area contributed by atoms with Gasteiger partial charge in [-0.05, 0) is 40.3 Å². The van der Waals surface area contributed by atoms with Crippen molar-refractivity contribution in [2.75, 3.05) is 13.1 Å². The number of rotatable bonds is 3. The molecule has 1 N–H and O–H groups in total. The highest BCUT2D eigenvalue weighted by Crippen LogP contribution is 2.23. The maximum atomic E-state index is 14.2. The van der Waals surface area contributed by atoms with Gasteiger partial charge in [-0.25, -0.2) is 13.5 Å². The molecule has 8 nitrogen and oxygen atoms in total. The highest BCUT2D eigenvalue weighted by Gasteiger charge is 2.32. The minimum atomic E-state index is -1.40. The molecule has 1 fully saturated rings. The van der Waals surface area contributed by atoms with Gasteiger partial charge in [0.2, 0.25) is 5.91 Å². The first kappa shape index (κ1) is 22.1. The van der Waals surface area contributed by atoms with Gasteiger partial charge in [-0.1, -0.05) is 24.0 Å². The lowest BCUT2D eigenvalue weighted by Gasteiger charge is -2.35. The van der Waals surface area contributed by atoms with E-state index in [0.29, 0.717) is 13.1 Å². The summed E-state index contributed by atoms with van der Waals surface area (Å²) in [6.07, 6.45) is 2.07. The molecule has 0 bridgehead atoms. The molecule has 0 saturated carbocycles. The number of halogens is 2. The Bertz CT molecular complexity index is 1270. The molecule has 33 heavy (non-hydrogen) atoms. The second-order valence-electron chi connectivity index (χ2n) is 7.66. The van der Waals surface area contributed by atoms with Gasteiger partial charge in [0.1, 0.15) is 29.4 Å². The average Bonchev–Trinajstić information content (AvgIpc) is 3.35. The van der Waals surface area contributed by atoms with Crippen LogP contribution < -0.4 is 0 Å². The van der Waals surface area contributed by atoms with Crippen molar-refractivity contribution in [2.45, 2.75) is 24.9 Å². The molecular weight excluding hydrogens is 430 g/mol. The molecular formula is C23H18F2N6O2. The van der Waals surface area contributed by atoms with Crippen LogP contribution in [0.1, 0.15) is 29.5 Å². The zero-order valence-corrected chi connectivity index (χ0v) is 17.4. The van der Waals surface area contributed by atoms with E-state index in [2.05, 4.69) is 27.4 Å². The quantitative estimate of drug-likeness (QED) is 0.612. The first-order chi connectivity index (χ1) is 15.9. The lowest BCUT2D eigenvalue weighted by Crippen LogP contribution is -2.46. The number of aromatic nitrogens is 4.